The van der Waals surface area contributed by atoms with E-state index in [1.165, 1.54) is 6.42 Å². The van der Waals surface area contributed by atoms with Crippen LogP contribution >= 0.6 is 0 Å². The lowest BCUT2D eigenvalue weighted by Gasteiger charge is -2.38. The predicted molar refractivity (Wildman–Crippen MR) is 72.1 cm³/mol. The van der Waals surface area contributed by atoms with E-state index in [0.29, 0.717) is 18.4 Å². The van der Waals surface area contributed by atoms with Crippen LogP contribution in [0.25, 0.3) is 0 Å². The molecule has 0 aliphatic heterocycles. The van der Waals surface area contributed by atoms with Gasteiger partial charge in [0.2, 0.25) is 5.91 Å². The third-order valence-electron chi connectivity index (χ3n) is 5.62. The van der Waals surface area contributed by atoms with Crippen LogP contribution in [0.3, 0.4) is 0 Å². The average molecular weight is 253 g/mol. The van der Waals surface area contributed by atoms with E-state index < -0.39 is 0 Å². The van der Waals surface area contributed by atoms with Crippen LogP contribution in [0.2, 0.25) is 0 Å². The molecule has 0 aromatic rings. The first-order valence-electron chi connectivity index (χ1n) is 7.25. The Hall–Kier alpha value is -0.570. The Bertz CT molecular complexity index is 317. The second-order valence-corrected chi connectivity index (χ2v) is 7.07. The fraction of sp³-hybridized carbons (Fsp3) is 0.933. The first-order chi connectivity index (χ1) is 8.34. The van der Waals surface area contributed by atoms with Crippen LogP contribution in [0, 0.1) is 16.7 Å². The summed E-state index contributed by atoms with van der Waals surface area (Å²) < 4.78 is 0. The number of carbonyl (C=O) groups is 1. The van der Waals surface area contributed by atoms with Gasteiger partial charge in [0.1, 0.15) is 0 Å². The molecule has 1 N–H and O–H groups in total. The minimum absolute atomic E-state index is 0.116. The molecular formula is C15H27NO2. The van der Waals surface area contributed by atoms with Crippen LogP contribution in [-0.4, -0.2) is 35.1 Å². The Morgan fingerprint density at radius 2 is 1.78 bits per heavy atom. The highest BCUT2D eigenvalue weighted by atomic mass is 16.3. The summed E-state index contributed by atoms with van der Waals surface area (Å²) in [6.45, 7) is 9.68. The van der Waals surface area contributed by atoms with Gasteiger partial charge in [0, 0.05) is 25.1 Å². The lowest BCUT2D eigenvalue weighted by molar-refractivity contribution is -0.138. The zero-order chi connectivity index (χ0) is 13.6. The van der Waals surface area contributed by atoms with E-state index in [-0.39, 0.29) is 23.4 Å². The summed E-state index contributed by atoms with van der Waals surface area (Å²) in [6.07, 6.45) is 4.23. The smallest absolute Gasteiger partial charge is 0.227 e. The Labute approximate surface area is 111 Å². The maximum Gasteiger partial charge on any atom is 0.227 e. The van der Waals surface area contributed by atoms with Crippen LogP contribution in [0.5, 0.6) is 0 Å². The molecule has 18 heavy (non-hydrogen) atoms. The second kappa shape index (κ2) is 4.52. The largest absolute Gasteiger partial charge is 0.396 e. The highest BCUT2D eigenvalue weighted by molar-refractivity contribution is 5.84. The lowest BCUT2D eigenvalue weighted by atomic mass is 9.90. The predicted octanol–water partition coefficient (Wildman–Crippen LogP) is 2.43. The van der Waals surface area contributed by atoms with Gasteiger partial charge in [-0.2, -0.15) is 0 Å². The van der Waals surface area contributed by atoms with Crippen molar-refractivity contribution in [2.45, 2.75) is 59.4 Å². The van der Waals surface area contributed by atoms with Crippen molar-refractivity contribution in [1.29, 1.82) is 0 Å². The molecule has 0 heterocycles. The van der Waals surface area contributed by atoms with Gasteiger partial charge in [0.05, 0.1) is 0 Å². The first-order valence-corrected chi connectivity index (χ1v) is 7.25. The lowest BCUT2D eigenvalue weighted by Crippen LogP contribution is -2.46. The maximum absolute atomic E-state index is 12.7. The summed E-state index contributed by atoms with van der Waals surface area (Å²) in [5.74, 6) is 0.479. The third kappa shape index (κ3) is 1.97. The van der Waals surface area contributed by atoms with E-state index in [4.69, 9.17) is 5.11 Å². The van der Waals surface area contributed by atoms with Crippen molar-refractivity contribution in [3.05, 3.63) is 0 Å². The zero-order valence-electron chi connectivity index (χ0n) is 12.2. The van der Waals surface area contributed by atoms with Crippen LogP contribution in [0.15, 0.2) is 0 Å². The van der Waals surface area contributed by atoms with Gasteiger partial charge in [0.15, 0.2) is 0 Å². The molecule has 0 unspecified atom stereocenters. The van der Waals surface area contributed by atoms with Crippen LogP contribution in [0.4, 0.5) is 0 Å². The van der Waals surface area contributed by atoms with Crippen molar-refractivity contribution in [2.75, 3.05) is 13.2 Å². The van der Waals surface area contributed by atoms with E-state index in [1.54, 1.807) is 0 Å². The molecule has 0 aromatic heterocycles. The van der Waals surface area contributed by atoms with Gasteiger partial charge in [-0.3, -0.25) is 4.79 Å². The summed E-state index contributed by atoms with van der Waals surface area (Å²) in [4.78, 5) is 14.8. The maximum atomic E-state index is 12.7. The SMILES string of the molecule is CC1(C)C(C(=O)N(CCCO)C2CCC2)C1(C)C. The van der Waals surface area contributed by atoms with E-state index in [0.717, 1.165) is 19.4 Å². The molecular weight excluding hydrogens is 226 g/mol. The molecule has 1 amide bonds. The minimum atomic E-state index is 0.116. The third-order valence-corrected chi connectivity index (χ3v) is 5.62. The molecule has 2 aliphatic rings. The van der Waals surface area contributed by atoms with Crippen LogP contribution in [0.1, 0.15) is 53.4 Å². The van der Waals surface area contributed by atoms with Gasteiger partial charge >= 0.3 is 0 Å². The van der Waals surface area contributed by atoms with Gasteiger partial charge in [-0.15, -0.1) is 0 Å². The molecule has 0 saturated heterocycles. The molecule has 0 aromatic carbocycles. The molecule has 2 rings (SSSR count). The Kier molecular flexibility index (Phi) is 3.48. The average Bonchev–Trinajstić information content (AvgIpc) is 2.60. The van der Waals surface area contributed by atoms with E-state index in [2.05, 4.69) is 32.6 Å². The fourth-order valence-corrected chi connectivity index (χ4v) is 3.39. The van der Waals surface area contributed by atoms with Gasteiger partial charge in [-0.05, 0) is 36.5 Å². The van der Waals surface area contributed by atoms with Crippen molar-refractivity contribution in [3.8, 4) is 0 Å². The number of carbonyl (C=O) groups excluding carboxylic acids is 1. The van der Waals surface area contributed by atoms with Gasteiger partial charge in [0.25, 0.3) is 0 Å². The summed E-state index contributed by atoms with van der Waals surface area (Å²) in [7, 11) is 0. The van der Waals surface area contributed by atoms with Crippen LogP contribution < -0.4 is 0 Å². The normalized spacial score (nSPS) is 25.6. The van der Waals surface area contributed by atoms with Crippen molar-refractivity contribution in [1.82, 2.24) is 4.90 Å². The molecule has 2 fully saturated rings. The first kappa shape index (κ1) is 13.9. The Morgan fingerprint density at radius 3 is 2.11 bits per heavy atom. The van der Waals surface area contributed by atoms with Crippen molar-refractivity contribution < 1.29 is 9.90 Å². The number of hydrogen-bond donors (Lipinski definition) is 1. The van der Waals surface area contributed by atoms with E-state index in [1.807, 2.05) is 0 Å². The summed E-state index contributed by atoms with van der Waals surface area (Å²) in [5.41, 5.74) is 0.233. The summed E-state index contributed by atoms with van der Waals surface area (Å²) in [6, 6.07) is 0.441. The molecule has 104 valence electrons. The Morgan fingerprint density at radius 1 is 1.22 bits per heavy atom. The van der Waals surface area contributed by atoms with E-state index in [9.17, 15) is 4.79 Å². The topological polar surface area (TPSA) is 40.5 Å². The molecule has 3 heteroatoms. The Balaban J connectivity index is 2.05. The fourth-order valence-electron chi connectivity index (χ4n) is 3.39. The van der Waals surface area contributed by atoms with Gasteiger partial charge in [-0.1, -0.05) is 27.7 Å². The number of rotatable bonds is 5. The molecule has 0 radical (unpaired) electrons. The van der Waals surface area contributed by atoms with Crippen LogP contribution in [-0.2, 0) is 4.79 Å². The highest BCUT2D eigenvalue weighted by Gasteiger charge is 2.69. The monoisotopic (exact) mass is 253 g/mol. The number of amides is 1. The molecule has 3 nitrogen and oxygen atoms in total. The number of aliphatic hydroxyl groups excluding tert-OH is 1. The highest BCUT2D eigenvalue weighted by Crippen LogP contribution is 2.69. The standard InChI is InChI=1S/C15H27NO2/c1-14(2)12(15(14,3)4)13(18)16(9-6-10-17)11-7-5-8-11/h11-12,17H,5-10H2,1-4H3. The molecule has 0 spiro atoms. The molecule has 2 saturated carbocycles. The number of aliphatic hydroxyl groups is 1. The number of hydrogen-bond acceptors (Lipinski definition) is 2. The van der Waals surface area contributed by atoms with Crippen molar-refractivity contribution in [2.24, 2.45) is 16.7 Å². The van der Waals surface area contributed by atoms with Gasteiger partial charge < -0.3 is 10.0 Å². The molecule has 2 aliphatic carbocycles. The quantitative estimate of drug-likeness (QED) is 0.817. The zero-order valence-corrected chi connectivity index (χ0v) is 12.2. The minimum Gasteiger partial charge on any atom is -0.396 e. The number of nitrogens with zero attached hydrogens (tertiary/aromatic N) is 1. The summed E-state index contributed by atoms with van der Waals surface area (Å²) >= 11 is 0. The molecule has 0 bridgehead atoms. The van der Waals surface area contributed by atoms with Crippen molar-refractivity contribution >= 4 is 5.91 Å². The molecule has 0 atom stereocenters. The van der Waals surface area contributed by atoms with E-state index >= 15 is 0 Å². The van der Waals surface area contributed by atoms with Crippen molar-refractivity contribution in [3.63, 3.8) is 0 Å². The second-order valence-electron chi connectivity index (χ2n) is 7.07. The van der Waals surface area contributed by atoms with Gasteiger partial charge in [-0.25, -0.2) is 0 Å². The summed E-state index contributed by atoms with van der Waals surface area (Å²) in [5, 5.41) is 8.99.